The molecule has 0 aromatic heterocycles. The lowest BCUT2D eigenvalue weighted by atomic mass is 9.54. The first-order valence-electron chi connectivity index (χ1n) is 11.5. The Morgan fingerprint density at radius 1 is 1.03 bits per heavy atom. The van der Waals surface area contributed by atoms with Crippen molar-refractivity contribution in [1.29, 1.82) is 0 Å². The normalized spacial score (nSPS) is 35.4. The van der Waals surface area contributed by atoms with Crippen LogP contribution in [0.25, 0.3) is 0 Å². The molecule has 7 heteroatoms. The Morgan fingerprint density at radius 2 is 1.70 bits per heavy atom. The van der Waals surface area contributed by atoms with Crippen LogP contribution in [-0.2, 0) is 21.5 Å². The molecular weight excluding hydrogens is 398 g/mol. The number of hydrogen-bond acceptors (Lipinski definition) is 3. The number of nitrogens with zero attached hydrogens (tertiary/aromatic N) is 2. The fraction of sp³-hybridized carbons (Fsp3) is 0.696. The highest BCUT2D eigenvalue weighted by Gasteiger charge is 2.48. The molecule has 1 aliphatic heterocycles. The van der Waals surface area contributed by atoms with Gasteiger partial charge in [-0.25, -0.2) is 0 Å². The molecule has 0 spiro atoms. The van der Waals surface area contributed by atoms with E-state index in [1.54, 1.807) is 0 Å². The summed E-state index contributed by atoms with van der Waals surface area (Å²) in [5.74, 6) is 2.78. The summed E-state index contributed by atoms with van der Waals surface area (Å²) in [4.78, 5) is 12.9. The Balaban J connectivity index is 1.22. The summed E-state index contributed by atoms with van der Waals surface area (Å²) in [5, 5.41) is 3.26. The van der Waals surface area contributed by atoms with E-state index < -0.39 is 10.2 Å². The summed E-state index contributed by atoms with van der Waals surface area (Å²) in [7, 11) is -3.63. The summed E-state index contributed by atoms with van der Waals surface area (Å²) < 4.78 is 29.2. The van der Waals surface area contributed by atoms with Crippen molar-refractivity contribution in [2.24, 2.45) is 23.7 Å². The molecule has 6 nitrogen and oxygen atoms in total. The molecule has 30 heavy (non-hydrogen) atoms. The van der Waals surface area contributed by atoms with Crippen LogP contribution >= 0.6 is 0 Å². The largest absolute Gasteiger partial charge is 0.352 e. The highest BCUT2D eigenvalue weighted by Crippen LogP contribution is 2.53. The Kier molecular flexibility index (Phi) is 5.40. The molecule has 0 radical (unpaired) electrons. The van der Waals surface area contributed by atoms with Gasteiger partial charge in [0.1, 0.15) is 0 Å². The standard InChI is InChI=1S/C23H33N3O3S/c1-16-4-2-5-17(8-16)14-25-6-3-7-26(30(25,28)29)15-22(27)24-23-20-10-18-9-19(12-20)13-21(23)11-18/h2,4-5,8,18-21,23H,3,6-7,9-15H2,1H3,(H,24,27). The lowest BCUT2D eigenvalue weighted by Crippen LogP contribution is -2.58. The number of amides is 1. The van der Waals surface area contributed by atoms with Gasteiger partial charge in [0.2, 0.25) is 5.91 Å². The molecule has 0 unspecified atom stereocenters. The number of hydrogen-bond donors (Lipinski definition) is 1. The molecule has 1 saturated heterocycles. The predicted molar refractivity (Wildman–Crippen MR) is 116 cm³/mol. The van der Waals surface area contributed by atoms with Gasteiger partial charge in [-0.15, -0.1) is 0 Å². The minimum Gasteiger partial charge on any atom is -0.352 e. The van der Waals surface area contributed by atoms with Crippen LogP contribution in [0.3, 0.4) is 0 Å². The first-order valence-corrected chi connectivity index (χ1v) is 12.9. The third kappa shape index (κ3) is 3.92. The first kappa shape index (κ1) is 20.5. The van der Waals surface area contributed by atoms with Gasteiger partial charge in [0.15, 0.2) is 0 Å². The molecule has 5 fully saturated rings. The van der Waals surface area contributed by atoms with Crippen molar-refractivity contribution >= 4 is 16.1 Å². The van der Waals surface area contributed by atoms with Gasteiger partial charge in [-0.3, -0.25) is 4.79 Å². The lowest BCUT2D eigenvalue weighted by molar-refractivity contribution is -0.125. The van der Waals surface area contributed by atoms with E-state index >= 15 is 0 Å². The van der Waals surface area contributed by atoms with Crippen molar-refractivity contribution < 1.29 is 13.2 Å². The zero-order valence-electron chi connectivity index (χ0n) is 17.8. The Labute approximate surface area is 180 Å². The zero-order valence-corrected chi connectivity index (χ0v) is 18.6. The van der Waals surface area contributed by atoms with Crippen LogP contribution in [0.5, 0.6) is 0 Å². The highest BCUT2D eigenvalue weighted by atomic mass is 32.2. The molecule has 1 heterocycles. The third-order valence-corrected chi connectivity index (χ3v) is 9.71. The molecule has 4 aliphatic carbocycles. The van der Waals surface area contributed by atoms with Gasteiger partial charge in [0, 0.05) is 25.7 Å². The fourth-order valence-electron chi connectivity index (χ4n) is 6.71. The molecule has 0 atom stereocenters. The number of aryl methyl sites for hydroxylation is 1. The molecule has 4 saturated carbocycles. The van der Waals surface area contributed by atoms with E-state index in [4.69, 9.17) is 0 Å². The predicted octanol–water partition coefficient (Wildman–Crippen LogP) is 2.69. The second-order valence-corrected chi connectivity index (χ2v) is 12.0. The Morgan fingerprint density at radius 3 is 2.37 bits per heavy atom. The van der Waals surface area contributed by atoms with Gasteiger partial charge in [-0.1, -0.05) is 29.8 Å². The van der Waals surface area contributed by atoms with Crippen molar-refractivity contribution in [2.45, 2.75) is 58.0 Å². The molecule has 1 aromatic rings. The maximum atomic E-state index is 13.1. The molecule has 1 aromatic carbocycles. The van der Waals surface area contributed by atoms with Crippen LogP contribution in [0.2, 0.25) is 0 Å². The minimum absolute atomic E-state index is 0.0601. The van der Waals surface area contributed by atoms with Gasteiger partial charge < -0.3 is 5.32 Å². The lowest BCUT2D eigenvalue weighted by Gasteiger charge is -2.54. The van der Waals surface area contributed by atoms with E-state index in [1.807, 2.05) is 31.2 Å². The van der Waals surface area contributed by atoms with E-state index in [2.05, 4.69) is 5.32 Å². The van der Waals surface area contributed by atoms with Gasteiger partial charge in [-0.05, 0) is 74.7 Å². The average Bonchev–Trinajstić information content (AvgIpc) is 2.67. The molecular formula is C23H33N3O3S. The number of carbonyl (C=O) groups excluding carboxylic acids is 1. The molecule has 1 amide bonds. The number of nitrogens with one attached hydrogen (secondary N) is 1. The Bertz CT molecular complexity index is 888. The van der Waals surface area contributed by atoms with Crippen molar-refractivity contribution in [3.05, 3.63) is 35.4 Å². The SMILES string of the molecule is Cc1cccc(CN2CCCN(CC(=O)NC3C4CC5CC(C4)CC3C5)S2(=O)=O)c1. The van der Waals surface area contributed by atoms with Crippen molar-refractivity contribution in [3.63, 3.8) is 0 Å². The molecule has 4 bridgehead atoms. The smallest absolute Gasteiger partial charge is 0.282 e. The summed E-state index contributed by atoms with van der Waals surface area (Å²) in [5.41, 5.74) is 2.10. The molecule has 1 N–H and O–H groups in total. The summed E-state index contributed by atoms with van der Waals surface area (Å²) in [6.07, 6.45) is 7.09. The van der Waals surface area contributed by atoms with Crippen LogP contribution in [0.4, 0.5) is 0 Å². The van der Waals surface area contributed by atoms with Crippen LogP contribution in [0, 0.1) is 30.6 Å². The molecule has 164 valence electrons. The van der Waals surface area contributed by atoms with Gasteiger partial charge in [0.25, 0.3) is 10.2 Å². The average molecular weight is 432 g/mol. The number of benzene rings is 1. The topological polar surface area (TPSA) is 69.7 Å². The van der Waals surface area contributed by atoms with E-state index in [-0.39, 0.29) is 18.5 Å². The second kappa shape index (κ2) is 7.92. The van der Waals surface area contributed by atoms with Crippen molar-refractivity contribution in [2.75, 3.05) is 19.6 Å². The number of rotatable bonds is 5. The first-order chi connectivity index (χ1) is 14.4. The van der Waals surface area contributed by atoms with Crippen LogP contribution < -0.4 is 5.32 Å². The van der Waals surface area contributed by atoms with E-state index in [0.717, 1.165) is 29.4 Å². The summed E-state index contributed by atoms with van der Waals surface area (Å²) >= 11 is 0. The van der Waals surface area contributed by atoms with E-state index in [9.17, 15) is 13.2 Å². The maximum absolute atomic E-state index is 13.1. The molecule has 6 rings (SSSR count). The monoisotopic (exact) mass is 431 g/mol. The van der Waals surface area contributed by atoms with Crippen molar-refractivity contribution in [3.8, 4) is 0 Å². The third-order valence-electron chi connectivity index (χ3n) is 7.78. The van der Waals surface area contributed by atoms with Crippen LogP contribution in [0.15, 0.2) is 24.3 Å². The Hall–Kier alpha value is -1.44. The second-order valence-electron chi connectivity index (χ2n) is 10.0. The van der Waals surface area contributed by atoms with E-state index in [1.165, 1.54) is 40.7 Å². The zero-order chi connectivity index (χ0) is 20.9. The van der Waals surface area contributed by atoms with Crippen LogP contribution in [-0.4, -0.2) is 48.6 Å². The summed E-state index contributed by atoms with van der Waals surface area (Å²) in [6, 6.07) is 8.20. The fourth-order valence-corrected chi connectivity index (χ4v) is 8.34. The van der Waals surface area contributed by atoms with E-state index in [0.29, 0.717) is 31.5 Å². The van der Waals surface area contributed by atoms with Crippen LogP contribution in [0.1, 0.15) is 49.7 Å². The molecule has 5 aliphatic rings. The highest BCUT2D eigenvalue weighted by molar-refractivity contribution is 7.86. The van der Waals surface area contributed by atoms with Gasteiger partial charge in [0.05, 0.1) is 6.54 Å². The van der Waals surface area contributed by atoms with Gasteiger partial charge in [-0.2, -0.15) is 17.0 Å². The maximum Gasteiger partial charge on any atom is 0.282 e. The number of carbonyl (C=O) groups is 1. The van der Waals surface area contributed by atoms with Gasteiger partial charge >= 0.3 is 0 Å². The van der Waals surface area contributed by atoms with Crippen molar-refractivity contribution in [1.82, 2.24) is 13.9 Å². The minimum atomic E-state index is -3.63. The quantitative estimate of drug-likeness (QED) is 0.779. The summed E-state index contributed by atoms with van der Waals surface area (Å²) in [6.45, 7) is 3.23.